The number of benzene rings is 3. The van der Waals surface area contributed by atoms with E-state index in [-0.39, 0.29) is 41.0 Å². The molecule has 46 heavy (non-hydrogen) atoms. The minimum atomic E-state index is -1.41. The highest BCUT2D eigenvalue weighted by Gasteiger charge is 2.22. The first kappa shape index (κ1) is 32.2. The summed E-state index contributed by atoms with van der Waals surface area (Å²) in [6.07, 6.45) is 2.05. The van der Waals surface area contributed by atoms with Crippen LogP contribution in [0.15, 0.2) is 60.8 Å². The Labute approximate surface area is 262 Å². The molecule has 0 bridgehead atoms. The van der Waals surface area contributed by atoms with Crippen molar-refractivity contribution in [1.29, 1.82) is 0 Å². The summed E-state index contributed by atoms with van der Waals surface area (Å²) < 4.78 is 41.9. The van der Waals surface area contributed by atoms with Gasteiger partial charge in [-0.2, -0.15) is 0 Å². The maximum Gasteiger partial charge on any atom is 0.409 e. The van der Waals surface area contributed by atoms with Crippen molar-refractivity contribution in [2.24, 2.45) is 0 Å². The molecular formula is C32H32F2N6O6. The van der Waals surface area contributed by atoms with Crippen molar-refractivity contribution in [2.75, 3.05) is 36.2 Å². The number of rotatable bonds is 11. The molecule has 1 saturated heterocycles. The summed E-state index contributed by atoms with van der Waals surface area (Å²) >= 11 is 0. The van der Waals surface area contributed by atoms with Crippen LogP contribution in [0.3, 0.4) is 0 Å². The minimum Gasteiger partial charge on any atom is -0.465 e. The Kier molecular flexibility index (Phi) is 9.98. The van der Waals surface area contributed by atoms with E-state index < -0.39 is 35.8 Å². The second kappa shape index (κ2) is 14.3. The lowest BCUT2D eigenvalue weighted by Gasteiger charge is -2.22. The van der Waals surface area contributed by atoms with Crippen LogP contribution in [-0.4, -0.2) is 64.9 Å². The maximum atomic E-state index is 14.8. The summed E-state index contributed by atoms with van der Waals surface area (Å²) in [5.41, 5.74) is 1.76. The van der Waals surface area contributed by atoms with E-state index in [2.05, 4.69) is 20.9 Å². The molecule has 3 N–H and O–H groups in total. The smallest absolute Gasteiger partial charge is 0.409 e. The van der Waals surface area contributed by atoms with Crippen LogP contribution in [0.4, 0.5) is 30.6 Å². The summed E-state index contributed by atoms with van der Waals surface area (Å²) in [6.45, 7) is 0.838. The van der Waals surface area contributed by atoms with Crippen LogP contribution >= 0.6 is 0 Å². The van der Waals surface area contributed by atoms with Crippen molar-refractivity contribution in [2.45, 2.75) is 38.6 Å². The van der Waals surface area contributed by atoms with Crippen molar-refractivity contribution in [3.05, 3.63) is 83.7 Å². The van der Waals surface area contributed by atoms with Gasteiger partial charge in [-0.05, 0) is 49.6 Å². The molecule has 1 unspecified atom stereocenters. The zero-order valence-electron chi connectivity index (χ0n) is 25.1. The normalized spacial score (nSPS) is 14.5. The Morgan fingerprint density at radius 3 is 2.57 bits per heavy atom. The minimum absolute atomic E-state index is 0.0286. The number of halogens is 2. The third-order valence-corrected chi connectivity index (χ3v) is 7.28. The lowest BCUT2D eigenvalue weighted by molar-refractivity contribution is -0.169. The number of ketones is 1. The Morgan fingerprint density at radius 2 is 1.83 bits per heavy atom. The van der Waals surface area contributed by atoms with Crippen molar-refractivity contribution < 1.29 is 37.7 Å². The monoisotopic (exact) mass is 634 g/mol. The fourth-order valence-electron chi connectivity index (χ4n) is 5.05. The van der Waals surface area contributed by atoms with Gasteiger partial charge in [0.1, 0.15) is 0 Å². The molecule has 1 aliphatic rings. The fraction of sp³-hybridized carbons (Fsp3) is 0.281. The third-order valence-electron chi connectivity index (χ3n) is 7.28. The van der Waals surface area contributed by atoms with E-state index in [9.17, 15) is 28.3 Å². The van der Waals surface area contributed by atoms with E-state index in [1.807, 2.05) is 0 Å². The van der Waals surface area contributed by atoms with Crippen LogP contribution in [0, 0.1) is 11.6 Å². The highest BCUT2D eigenvalue weighted by atomic mass is 19.2. The molecule has 240 valence electrons. The van der Waals surface area contributed by atoms with Crippen LogP contribution in [-0.2, 0) is 20.9 Å². The van der Waals surface area contributed by atoms with Crippen LogP contribution in [0.2, 0.25) is 0 Å². The van der Waals surface area contributed by atoms with Gasteiger partial charge in [0.25, 0.3) is 0 Å². The van der Waals surface area contributed by atoms with Gasteiger partial charge >= 0.3 is 6.09 Å². The molecule has 1 atom stereocenters. The number of hydrogen-bond acceptors (Lipinski definition) is 8. The van der Waals surface area contributed by atoms with Gasteiger partial charge in [0, 0.05) is 43.1 Å². The largest absolute Gasteiger partial charge is 0.465 e. The first-order valence-corrected chi connectivity index (χ1v) is 14.5. The number of aromatic nitrogens is 3. The summed E-state index contributed by atoms with van der Waals surface area (Å²) in [4.78, 5) is 39.5. The van der Waals surface area contributed by atoms with Gasteiger partial charge in [-0.15, -0.1) is 5.10 Å². The lowest BCUT2D eigenvalue weighted by atomic mass is 10.00. The van der Waals surface area contributed by atoms with Gasteiger partial charge in [-0.1, -0.05) is 29.5 Å². The molecule has 0 spiro atoms. The number of amides is 2. The van der Waals surface area contributed by atoms with E-state index in [1.54, 1.807) is 49.5 Å². The number of hydrogen-bond donors (Lipinski definition) is 3. The van der Waals surface area contributed by atoms with E-state index in [1.165, 1.54) is 28.9 Å². The molecule has 12 nitrogen and oxygen atoms in total. The molecule has 14 heteroatoms. The fourth-order valence-corrected chi connectivity index (χ4v) is 5.05. The first-order chi connectivity index (χ1) is 22.1. The summed E-state index contributed by atoms with van der Waals surface area (Å²) in [5.74, 6) is -3.46. The average molecular weight is 635 g/mol. The lowest BCUT2D eigenvalue weighted by Crippen LogP contribution is -2.22. The molecule has 0 radical (unpaired) electrons. The number of ether oxygens (including phenoxy) is 2. The van der Waals surface area contributed by atoms with Gasteiger partial charge in [-0.3, -0.25) is 14.9 Å². The van der Waals surface area contributed by atoms with Crippen molar-refractivity contribution >= 4 is 34.8 Å². The number of carboxylic acid groups (broad SMARTS) is 1. The standard InChI is InChI=1S/C32H32F2N6O6/c1-39(2)27-15-26(37-32(43)44)25(14-23(27)22-9-6-10-24(33)31(22)34)36-29(42)16-28(41)19-7-5-8-20(13-19)40-21(17-35-38-40)18-46-30-11-3-4-12-45-30/h5-10,13-15,17,30,37H,3-4,11-12,16,18H2,1-2H3,(H,36,42)(H,43,44). The van der Waals surface area contributed by atoms with Crippen LogP contribution in [0.5, 0.6) is 0 Å². The Balaban J connectivity index is 1.35. The highest BCUT2D eigenvalue weighted by molar-refractivity contribution is 6.12. The van der Waals surface area contributed by atoms with Crippen molar-refractivity contribution in [1.82, 2.24) is 15.0 Å². The molecule has 1 aromatic heterocycles. The zero-order chi connectivity index (χ0) is 32.8. The van der Waals surface area contributed by atoms with Crippen molar-refractivity contribution in [3.63, 3.8) is 0 Å². The van der Waals surface area contributed by atoms with Crippen LogP contribution in [0.25, 0.3) is 16.8 Å². The molecule has 4 aromatic rings. The SMILES string of the molecule is CN(C)c1cc(NC(=O)O)c(NC(=O)CC(=O)c2cccc(-n3nncc3COC3CCCCO3)c2)cc1-c1cccc(F)c1F. The summed E-state index contributed by atoms with van der Waals surface area (Å²) in [7, 11) is 3.29. The molecule has 2 amide bonds. The molecule has 1 aliphatic heterocycles. The Morgan fingerprint density at radius 1 is 1.04 bits per heavy atom. The van der Waals surface area contributed by atoms with Gasteiger partial charge in [0.15, 0.2) is 23.7 Å². The quantitative estimate of drug-likeness (QED) is 0.141. The van der Waals surface area contributed by atoms with E-state index in [4.69, 9.17) is 9.47 Å². The topological polar surface area (TPSA) is 148 Å². The Hall–Kier alpha value is -5.21. The third kappa shape index (κ3) is 7.53. The molecule has 5 rings (SSSR count). The molecule has 0 aliphatic carbocycles. The van der Waals surface area contributed by atoms with Gasteiger partial charge < -0.3 is 24.8 Å². The molecule has 3 aromatic carbocycles. The Bertz CT molecular complexity index is 1750. The van der Waals surface area contributed by atoms with E-state index in [0.29, 0.717) is 23.7 Å². The second-order valence-corrected chi connectivity index (χ2v) is 10.8. The molecule has 1 fully saturated rings. The number of anilines is 3. The summed E-state index contributed by atoms with van der Waals surface area (Å²) in [5, 5.41) is 22.3. The highest BCUT2D eigenvalue weighted by Crippen LogP contribution is 2.39. The number of carbonyl (C=O) groups is 3. The van der Waals surface area contributed by atoms with E-state index >= 15 is 0 Å². The maximum absolute atomic E-state index is 14.8. The van der Waals surface area contributed by atoms with Gasteiger partial charge in [-0.25, -0.2) is 18.3 Å². The predicted octanol–water partition coefficient (Wildman–Crippen LogP) is 5.62. The first-order valence-electron chi connectivity index (χ1n) is 14.5. The second-order valence-electron chi connectivity index (χ2n) is 10.8. The van der Waals surface area contributed by atoms with Crippen LogP contribution < -0.4 is 15.5 Å². The number of carbonyl (C=O) groups excluding carboxylic acids is 2. The number of nitrogens with zero attached hydrogens (tertiary/aromatic N) is 4. The summed E-state index contributed by atoms with van der Waals surface area (Å²) in [6, 6.07) is 12.9. The molecular weight excluding hydrogens is 602 g/mol. The zero-order valence-corrected chi connectivity index (χ0v) is 25.1. The van der Waals surface area contributed by atoms with E-state index in [0.717, 1.165) is 25.3 Å². The number of nitrogens with one attached hydrogen (secondary N) is 2. The van der Waals surface area contributed by atoms with Crippen LogP contribution in [0.1, 0.15) is 41.7 Å². The van der Waals surface area contributed by atoms with Crippen molar-refractivity contribution in [3.8, 4) is 16.8 Å². The molecule has 2 heterocycles. The van der Waals surface area contributed by atoms with Gasteiger partial charge in [0.2, 0.25) is 5.91 Å². The van der Waals surface area contributed by atoms with Gasteiger partial charge in [0.05, 0.1) is 42.0 Å². The predicted molar refractivity (Wildman–Crippen MR) is 165 cm³/mol. The molecule has 0 saturated carbocycles. The average Bonchev–Trinajstić information content (AvgIpc) is 3.51. The number of Topliss-reactive ketones (excluding diaryl/α,β-unsaturated/α-hetero) is 1.